The molecule has 8 nitrogen and oxygen atoms in total. The summed E-state index contributed by atoms with van der Waals surface area (Å²) < 4.78 is 21.6. The molecule has 1 atom stereocenters. The lowest BCUT2D eigenvalue weighted by Crippen LogP contribution is -2.28. The number of benzene rings is 2. The van der Waals surface area contributed by atoms with Crippen LogP contribution in [0.2, 0.25) is 0 Å². The number of hydrogen-bond donors (Lipinski definition) is 1. The molecule has 1 N–H and O–H groups in total. The van der Waals surface area contributed by atoms with E-state index in [0.29, 0.717) is 32.1 Å². The van der Waals surface area contributed by atoms with E-state index < -0.39 is 0 Å². The van der Waals surface area contributed by atoms with Crippen molar-refractivity contribution in [1.82, 2.24) is 15.2 Å². The molecule has 1 aromatic heterocycles. The number of methoxy groups -OCH3 is 3. The van der Waals surface area contributed by atoms with Crippen molar-refractivity contribution in [2.45, 2.75) is 26.1 Å². The van der Waals surface area contributed by atoms with E-state index in [1.807, 2.05) is 36.4 Å². The molecule has 8 heteroatoms. The number of aromatic nitrogens is 1. The van der Waals surface area contributed by atoms with Crippen LogP contribution in [0.15, 0.2) is 59.2 Å². The Balaban J connectivity index is 1.84. The summed E-state index contributed by atoms with van der Waals surface area (Å²) in [5, 5.41) is 2.75. The smallest absolute Gasteiger partial charge is 0.273 e. The summed E-state index contributed by atoms with van der Waals surface area (Å²) in [5.41, 5.74) is 2.37. The van der Waals surface area contributed by atoms with Gasteiger partial charge in [0, 0.05) is 31.8 Å². The first kappa shape index (κ1) is 24.3. The van der Waals surface area contributed by atoms with Crippen LogP contribution in [0, 0.1) is 0 Å². The zero-order valence-electron chi connectivity index (χ0n) is 19.5. The summed E-state index contributed by atoms with van der Waals surface area (Å²) in [6, 6.07) is 16.0. The highest BCUT2D eigenvalue weighted by Crippen LogP contribution is 2.30. The van der Waals surface area contributed by atoms with Gasteiger partial charge in [-0.1, -0.05) is 30.3 Å². The topological polar surface area (TPSA) is 86.1 Å². The predicted octanol–water partition coefficient (Wildman–Crippen LogP) is 3.83. The van der Waals surface area contributed by atoms with E-state index in [9.17, 15) is 4.79 Å². The third-order valence-corrected chi connectivity index (χ3v) is 5.41. The maximum Gasteiger partial charge on any atom is 0.273 e. The molecule has 1 amide bonds. The second-order valence-electron chi connectivity index (χ2n) is 7.54. The molecule has 0 fully saturated rings. The Bertz CT molecular complexity index is 1020. The predicted molar refractivity (Wildman–Crippen MR) is 124 cm³/mol. The van der Waals surface area contributed by atoms with Gasteiger partial charge in [0.05, 0.1) is 27.4 Å². The summed E-state index contributed by atoms with van der Waals surface area (Å²) in [6.45, 7) is 3.94. The summed E-state index contributed by atoms with van der Waals surface area (Å²) in [7, 11) is 4.88. The molecular weight excluding hydrogens is 422 g/mol. The standard InChI is InChI=1S/C25H31N3O5/c1-18(19-8-6-5-7-9-19)28(15-20-14-21(31-3)10-11-23(20)32-4)16-24-27-22(17-33-24)25(29)26-12-13-30-2/h5-11,14,17-18H,12-13,15-16H2,1-4H3,(H,26,29)/t18-/m0/s1. The number of nitrogens with zero attached hydrogens (tertiary/aromatic N) is 2. The minimum absolute atomic E-state index is 0.0491. The van der Waals surface area contributed by atoms with Crippen molar-refractivity contribution in [3.63, 3.8) is 0 Å². The fourth-order valence-electron chi connectivity index (χ4n) is 3.52. The second kappa shape index (κ2) is 12.0. The fraction of sp³-hybridized carbons (Fsp3) is 0.360. The Morgan fingerprint density at radius 3 is 2.58 bits per heavy atom. The van der Waals surface area contributed by atoms with Crippen molar-refractivity contribution in [1.29, 1.82) is 0 Å². The van der Waals surface area contributed by atoms with Gasteiger partial charge in [0.1, 0.15) is 17.8 Å². The number of nitrogens with one attached hydrogen (secondary N) is 1. The van der Waals surface area contributed by atoms with E-state index in [4.69, 9.17) is 18.6 Å². The normalized spacial score (nSPS) is 11.9. The molecule has 2 aromatic carbocycles. The average Bonchev–Trinajstić information content (AvgIpc) is 3.32. The summed E-state index contributed by atoms with van der Waals surface area (Å²) in [4.78, 5) is 18.9. The Morgan fingerprint density at radius 2 is 1.88 bits per heavy atom. The zero-order chi connectivity index (χ0) is 23.6. The van der Waals surface area contributed by atoms with E-state index in [-0.39, 0.29) is 17.6 Å². The molecular formula is C25H31N3O5. The Hall–Kier alpha value is -3.36. The average molecular weight is 454 g/mol. The Morgan fingerprint density at radius 1 is 1.09 bits per heavy atom. The molecule has 176 valence electrons. The lowest BCUT2D eigenvalue weighted by molar-refractivity contribution is 0.0932. The van der Waals surface area contributed by atoms with E-state index in [1.165, 1.54) is 6.26 Å². The van der Waals surface area contributed by atoms with Gasteiger partial charge in [-0.3, -0.25) is 9.69 Å². The minimum atomic E-state index is -0.292. The van der Waals surface area contributed by atoms with Crippen molar-refractivity contribution in [3.8, 4) is 11.5 Å². The van der Waals surface area contributed by atoms with Gasteiger partial charge < -0.3 is 23.9 Å². The van der Waals surface area contributed by atoms with Crippen LogP contribution in [-0.4, -0.2) is 50.3 Å². The summed E-state index contributed by atoms with van der Waals surface area (Å²) in [6.07, 6.45) is 1.38. The molecule has 0 radical (unpaired) electrons. The lowest BCUT2D eigenvalue weighted by Gasteiger charge is -2.29. The van der Waals surface area contributed by atoms with Crippen LogP contribution in [0.1, 0.15) is 40.5 Å². The van der Waals surface area contributed by atoms with Crippen LogP contribution in [0.4, 0.5) is 0 Å². The Labute approximate surface area is 194 Å². The van der Waals surface area contributed by atoms with Crippen molar-refractivity contribution < 1.29 is 23.4 Å². The number of oxazole rings is 1. The molecule has 0 aliphatic rings. The molecule has 3 aromatic rings. The number of hydrogen-bond acceptors (Lipinski definition) is 7. The van der Waals surface area contributed by atoms with Crippen LogP contribution >= 0.6 is 0 Å². The van der Waals surface area contributed by atoms with Gasteiger partial charge in [0.25, 0.3) is 5.91 Å². The highest BCUT2D eigenvalue weighted by Gasteiger charge is 2.22. The largest absolute Gasteiger partial charge is 0.497 e. The maximum atomic E-state index is 12.3. The molecule has 0 spiro atoms. The SMILES string of the molecule is COCCNC(=O)c1coc(CN(Cc2cc(OC)ccc2OC)[C@@H](C)c2ccccc2)n1. The minimum Gasteiger partial charge on any atom is -0.497 e. The number of carbonyl (C=O) groups is 1. The summed E-state index contributed by atoms with van der Waals surface area (Å²) in [5.74, 6) is 1.69. The first-order valence-electron chi connectivity index (χ1n) is 10.8. The maximum absolute atomic E-state index is 12.3. The van der Waals surface area contributed by atoms with Crippen molar-refractivity contribution in [2.75, 3.05) is 34.5 Å². The molecule has 0 aliphatic heterocycles. The lowest BCUT2D eigenvalue weighted by atomic mass is 10.1. The number of carbonyl (C=O) groups excluding carboxylic acids is 1. The van der Waals surface area contributed by atoms with Gasteiger partial charge in [0.2, 0.25) is 5.89 Å². The molecule has 33 heavy (non-hydrogen) atoms. The van der Waals surface area contributed by atoms with Gasteiger partial charge in [-0.15, -0.1) is 0 Å². The van der Waals surface area contributed by atoms with Crippen LogP contribution in [0.25, 0.3) is 0 Å². The van der Waals surface area contributed by atoms with Crippen molar-refractivity contribution >= 4 is 5.91 Å². The first-order chi connectivity index (χ1) is 16.0. The summed E-state index contributed by atoms with van der Waals surface area (Å²) >= 11 is 0. The highest BCUT2D eigenvalue weighted by atomic mass is 16.5. The van der Waals surface area contributed by atoms with Gasteiger partial charge in [-0.05, 0) is 30.7 Å². The molecule has 0 saturated heterocycles. The van der Waals surface area contributed by atoms with Crippen molar-refractivity contribution in [3.05, 3.63) is 77.5 Å². The van der Waals surface area contributed by atoms with Gasteiger partial charge in [-0.2, -0.15) is 0 Å². The third kappa shape index (κ3) is 6.57. The Kier molecular flexibility index (Phi) is 8.86. The zero-order valence-corrected chi connectivity index (χ0v) is 19.5. The number of ether oxygens (including phenoxy) is 3. The van der Waals surface area contributed by atoms with Gasteiger partial charge in [0.15, 0.2) is 5.69 Å². The molecule has 0 aliphatic carbocycles. The van der Waals surface area contributed by atoms with E-state index in [0.717, 1.165) is 22.6 Å². The quantitative estimate of drug-likeness (QED) is 0.417. The number of amides is 1. The van der Waals surface area contributed by atoms with E-state index >= 15 is 0 Å². The number of rotatable bonds is 12. The first-order valence-corrected chi connectivity index (χ1v) is 10.8. The molecule has 3 rings (SSSR count). The second-order valence-corrected chi connectivity index (χ2v) is 7.54. The van der Waals surface area contributed by atoms with Gasteiger partial charge in [-0.25, -0.2) is 4.98 Å². The van der Waals surface area contributed by atoms with Crippen LogP contribution in [-0.2, 0) is 17.8 Å². The molecule has 1 heterocycles. The monoisotopic (exact) mass is 453 g/mol. The van der Waals surface area contributed by atoms with E-state index in [2.05, 4.69) is 34.3 Å². The fourth-order valence-corrected chi connectivity index (χ4v) is 3.52. The molecule has 0 bridgehead atoms. The highest BCUT2D eigenvalue weighted by molar-refractivity contribution is 5.91. The third-order valence-electron chi connectivity index (χ3n) is 5.41. The van der Waals surface area contributed by atoms with Crippen LogP contribution < -0.4 is 14.8 Å². The van der Waals surface area contributed by atoms with Crippen LogP contribution in [0.5, 0.6) is 11.5 Å². The van der Waals surface area contributed by atoms with Gasteiger partial charge >= 0.3 is 0 Å². The van der Waals surface area contributed by atoms with Crippen molar-refractivity contribution in [2.24, 2.45) is 0 Å². The molecule has 0 saturated carbocycles. The van der Waals surface area contributed by atoms with E-state index in [1.54, 1.807) is 21.3 Å². The van der Waals surface area contributed by atoms with Crippen LogP contribution in [0.3, 0.4) is 0 Å². The molecule has 0 unspecified atom stereocenters.